The minimum absolute atomic E-state index is 0.0373. The van der Waals surface area contributed by atoms with Crippen molar-refractivity contribution in [3.05, 3.63) is 22.2 Å². The van der Waals surface area contributed by atoms with Crippen molar-refractivity contribution in [1.82, 2.24) is 4.98 Å². The van der Waals surface area contributed by atoms with E-state index >= 15 is 0 Å². The fourth-order valence-electron chi connectivity index (χ4n) is 2.06. The Morgan fingerprint density at radius 1 is 1.67 bits per heavy atom. The number of anilines is 2. The smallest absolute Gasteiger partial charge is 0.311 e. The summed E-state index contributed by atoms with van der Waals surface area (Å²) in [5.41, 5.74) is 5.54. The quantitative estimate of drug-likeness (QED) is 0.638. The molecule has 2 N–H and O–H groups in total. The van der Waals surface area contributed by atoms with Crippen molar-refractivity contribution in [2.45, 2.75) is 18.9 Å². The van der Waals surface area contributed by atoms with Gasteiger partial charge >= 0.3 is 5.69 Å². The van der Waals surface area contributed by atoms with Crippen molar-refractivity contribution in [2.75, 3.05) is 30.8 Å². The third kappa shape index (κ3) is 2.67. The zero-order valence-corrected chi connectivity index (χ0v) is 10.2. The molecule has 1 aromatic rings. The van der Waals surface area contributed by atoms with E-state index in [2.05, 4.69) is 4.98 Å². The van der Waals surface area contributed by atoms with Gasteiger partial charge in [-0.05, 0) is 18.9 Å². The lowest BCUT2D eigenvalue weighted by molar-refractivity contribution is -0.384. The summed E-state index contributed by atoms with van der Waals surface area (Å²) in [6.45, 7) is 1.34. The van der Waals surface area contributed by atoms with Gasteiger partial charge in [-0.15, -0.1) is 0 Å². The highest BCUT2D eigenvalue weighted by Crippen LogP contribution is 2.27. The Labute approximate surface area is 105 Å². The van der Waals surface area contributed by atoms with Gasteiger partial charge < -0.3 is 15.4 Å². The summed E-state index contributed by atoms with van der Waals surface area (Å²) < 4.78 is 5.51. The summed E-state index contributed by atoms with van der Waals surface area (Å²) in [5, 5.41) is 10.9. The van der Waals surface area contributed by atoms with E-state index in [-0.39, 0.29) is 23.4 Å². The molecule has 0 bridgehead atoms. The van der Waals surface area contributed by atoms with Crippen molar-refractivity contribution >= 4 is 17.3 Å². The standard InChI is InChI=1S/C11H16N4O3/c1-14(7-8-3-2-6-18-8)11-9(15(16)17)4-5-10(12)13-11/h4-5,8H,2-3,6-7H2,1H3,(H2,12,13). The third-order valence-electron chi connectivity index (χ3n) is 2.94. The molecule has 0 aliphatic carbocycles. The zero-order valence-electron chi connectivity index (χ0n) is 10.2. The number of hydrogen-bond acceptors (Lipinski definition) is 6. The van der Waals surface area contributed by atoms with E-state index in [9.17, 15) is 10.1 Å². The van der Waals surface area contributed by atoms with Crippen molar-refractivity contribution < 1.29 is 9.66 Å². The van der Waals surface area contributed by atoms with Gasteiger partial charge in [-0.3, -0.25) is 10.1 Å². The number of aromatic nitrogens is 1. The molecule has 98 valence electrons. The Balaban J connectivity index is 2.19. The van der Waals surface area contributed by atoms with Crippen LogP contribution >= 0.6 is 0 Å². The van der Waals surface area contributed by atoms with E-state index in [0.717, 1.165) is 19.4 Å². The Morgan fingerprint density at radius 2 is 2.44 bits per heavy atom. The number of nitrogen functional groups attached to an aromatic ring is 1. The van der Waals surface area contributed by atoms with Gasteiger partial charge in [0.2, 0.25) is 5.82 Å². The van der Waals surface area contributed by atoms with E-state index in [1.165, 1.54) is 12.1 Å². The third-order valence-corrected chi connectivity index (χ3v) is 2.94. The van der Waals surface area contributed by atoms with Gasteiger partial charge in [-0.1, -0.05) is 0 Å². The zero-order chi connectivity index (χ0) is 13.1. The SMILES string of the molecule is CN(CC1CCCO1)c1nc(N)ccc1[N+](=O)[O-]. The monoisotopic (exact) mass is 252 g/mol. The summed E-state index contributed by atoms with van der Waals surface area (Å²) in [4.78, 5) is 16.3. The number of hydrogen-bond donors (Lipinski definition) is 1. The normalized spacial score (nSPS) is 18.8. The first-order chi connectivity index (χ1) is 8.58. The van der Waals surface area contributed by atoms with Crippen LogP contribution in [0.25, 0.3) is 0 Å². The molecule has 1 saturated heterocycles. The predicted octanol–water partition coefficient (Wildman–Crippen LogP) is 1.19. The topological polar surface area (TPSA) is 94.5 Å². The average Bonchev–Trinajstić information content (AvgIpc) is 2.81. The van der Waals surface area contributed by atoms with E-state index < -0.39 is 4.92 Å². The molecule has 0 amide bonds. The second-order valence-corrected chi connectivity index (χ2v) is 4.35. The molecule has 1 fully saturated rings. The predicted molar refractivity (Wildman–Crippen MR) is 67.5 cm³/mol. The van der Waals surface area contributed by atoms with Gasteiger partial charge in [-0.2, -0.15) is 0 Å². The lowest BCUT2D eigenvalue weighted by Crippen LogP contribution is -2.29. The molecule has 0 spiro atoms. The summed E-state index contributed by atoms with van der Waals surface area (Å²) >= 11 is 0. The van der Waals surface area contributed by atoms with Crippen molar-refractivity contribution in [2.24, 2.45) is 0 Å². The fraction of sp³-hybridized carbons (Fsp3) is 0.545. The number of likely N-dealkylation sites (N-methyl/N-ethyl adjacent to an activating group) is 1. The molecule has 1 aromatic heterocycles. The summed E-state index contributed by atoms with van der Waals surface area (Å²) in [6.07, 6.45) is 2.11. The van der Waals surface area contributed by atoms with Crippen molar-refractivity contribution in [1.29, 1.82) is 0 Å². The summed E-state index contributed by atoms with van der Waals surface area (Å²) in [5.74, 6) is 0.560. The molecule has 7 nitrogen and oxygen atoms in total. The van der Waals surface area contributed by atoms with E-state index in [1.54, 1.807) is 11.9 Å². The van der Waals surface area contributed by atoms with Crippen LogP contribution in [-0.2, 0) is 4.74 Å². The first-order valence-corrected chi connectivity index (χ1v) is 5.81. The van der Waals surface area contributed by atoms with Crippen molar-refractivity contribution in [3.63, 3.8) is 0 Å². The second kappa shape index (κ2) is 5.18. The van der Waals surface area contributed by atoms with Gasteiger partial charge in [0.15, 0.2) is 0 Å². The number of ether oxygens (including phenoxy) is 1. The van der Waals surface area contributed by atoms with Crippen LogP contribution in [-0.4, -0.2) is 36.2 Å². The maximum Gasteiger partial charge on any atom is 0.311 e. The maximum absolute atomic E-state index is 10.9. The van der Waals surface area contributed by atoms with Crippen LogP contribution in [0.5, 0.6) is 0 Å². The largest absolute Gasteiger partial charge is 0.384 e. The van der Waals surface area contributed by atoms with Gasteiger partial charge in [-0.25, -0.2) is 4.98 Å². The molecule has 1 aliphatic rings. The number of nitrogens with zero attached hydrogens (tertiary/aromatic N) is 3. The molecule has 2 rings (SSSR count). The summed E-state index contributed by atoms with van der Waals surface area (Å²) in [6, 6.07) is 2.81. The van der Waals surface area contributed by atoms with Crippen molar-refractivity contribution in [3.8, 4) is 0 Å². The lowest BCUT2D eigenvalue weighted by atomic mass is 10.2. The van der Waals surface area contributed by atoms with Gasteiger partial charge in [0.05, 0.1) is 11.0 Å². The Kier molecular flexibility index (Phi) is 3.61. The van der Waals surface area contributed by atoms with Crippen LogP contribution in [0.4, 0.5) is 17.3 Å². The second-order valence-electron chi connectivity index (χ2n) is 4.35. The first kappa shape index (κ1) is 12.6. The highest BCUT2D eigenvalue weighted by Gasteiger charge is 2.23. The molecule has 18 heavy (non-hydrogen) atoms. The van der Waals surface area contributed by atoms with Gasteiger partial charge in [0.1, 0.15) is 5.82 Å². The number of nitro groups is 1. The Morgan fingerprint density at radius 3 is 3.06 bits per heavy atom. The van der Waals surface area contributed by atoms with Crippen LogP contribution in [0, 0.1) is 10.1 Å². The highest BCUT2D eigenvalue weighted by molar-refractivity contribution is 5.60. The number of nitrogens with two attached hydrogens (primary N) is 1. The van der Waals surface area contributed by atoms with Crippen LogP contribution in [0.1, 0.15) is 12.8 Å². The highest BCUT2D eigenvalue weighted by atomic mass is 16.6. The van der Waals surface area contributed by atoms with E-state index in [4.69, 9.17) is 10.5 Å². The molecule has 0 aromatic carbocycles. The van der Waals surface area contributed by atoms with Crippen LogP contribution < -0.4 is 10.6 Å². The van der Waals surface area contributed by atoms with Gasteiger partial charge in [0, 0.05) is 26.3 Å². The van der Waals surface area contributed by atoms with Gasteiger partial charge in [0.25, 0.3) is 0 Å². The maximum atomic E-state index is 10.9. The van der Waals surface area contributed by atoms with E-state index in [1.807, 2.05) is 0 Å². The minimum Gasteiger partial charge on any atom is -0.384 e. The Bertz CT molecular complexity index is 446. The lowest BCUT2D eigenvalue weighted by Gasteiger charge is -2.21. The minimum atomic E-state index is -0.451. The molecule has 1 atom stereocenters. The molecular weight excluding hydrogens is 236 g/mol. The molecule has 0 radical (unpaired) electrons. The molecule has 1 aliphatic heterocycles. The molecule has 2 heterocycles. The average molecular weight is 252 g/mol. The molecular formula is C11H16N4O3. The van der Waals surface area contributed by atoms with E-state index in [0.29, 0.717) is 6.54 Å². The molecule has 1 unspecified atom stereocenters. The Hall–Kier alpha value is -1.89. The first-order valence-electron chi connectivity index (χ1n) is 5.81. The van der Waals surface area contributed by atoms with Crippen LogP contribution in [0.3, 0.4) is 0 Å². The fourth-order valence-corrected chi connectivity index (χ4v) is 2.06. The summed E-state index contributed by atoms with van der Waals surface area (Å²) in [7, 11) is 1.76. The molecule has 0 saturated carbocycles. The number of pyridine rings is 1. The van der Waals surface area contributed by atoms with Crippen LogP contribution in [0.15, 0.2) is 12.1 Å². The van der Waals surface area contributed by atoms with Crippen LogP contribution in [0.2, 0.25) is 0 Å². The number of rotatable bonds is 4. The molecule has 7 heteroatoms.